The van der Waals surface area contributed by atoms with Gasteiger partial charge in [0.15, 0.2) is 5.84 Å². The van der Waals surface area contributed by atoms with Crippen molar-refractivity contribution < 1.29 is 9.53 Å². The number of carbonyl (C=O) groups is 1. The van der Waals surface area contributed by atoms with Crippen LogP contribution in [0.25, 0.3) is 0 Å². The van der Waals surface area contributed by atoms with E-state index in [1.165, 1.54) is 7.05 Å². The third kappa shape index (κ3) is 4.40. The van der Waals surface area contributed by atoms with Gasteiger partial charge < -0.3 is 10.5 Å². The lowest BCUT2D eigenvalue weighted by molar-refractivity contribution is 0.0303. The standard InChI is InChI=1S/C12H18N4O2/c1-12(2,3)18-11(17)16(4)15-10(13)9-6-5-7-14-8-9/h5-8H,1-4H3,(H2,13,15). The van der Waals surface area contributed by atoms with E-state index in [1.54, 1.807) is 45.3 Å². The number of pyridine rings is 1. The van der Waals surface area contributed by atoms with E-state index in [9.17, 15) is 4.79 Å². The number of aromatic nitrogens is 1. The average Bonchev–Trinajstić information content (AvgIpc) is 2.27. The van der Waals surface area contributed by atoms with Gasteiger partial charge in [-0.2, -0.15) is 5.01 Å². The fourth-order valence-electron chi connectivity index (χ4n) is 1.10. The minimum absolute atomic E-state index is 0.205. The molecule has 0 radical (unpaired) electrons. The first-order chi connectivity index (χ1) is 8.29. The van der Waals surface area contributed by atoms with Gasteiger partial charge >= 0.3 is 6.09 Å². The second kappa shape index (κ2) is 5.48. The Balaban J connectivity index is 2.74. The van der Waals surface area contributed by atoms with Crippen LogP contribution in [0.2, 0.25) is 0 Å². The first-order valence-electron chi connectivity index (χ1n) is 5.51. The van der Waals surface area contributed by atoms with E-state index < -0.39 is 11.7 Å². The molecule has 0 saturated heterocycles. The molecule has 0 aromatic carbocycles. The first-order valence-corrected chi connectivity index (χ1v) is 5.51. The molecular formula is C12H18N4O2. The van der Waals surface area contributed by atoms with Crippen LogP contribution in [0.5, 0.6) is 0 Å². The number of hydrazone groups is 1. The Labute approximate surface area is 106 Å². The van der Waals surface area contributed by atoms with Crippen LogP contribution in [-0.4, -0.2) is 34.6 Å². The second-order valence-corrected chi connectivity index (χ2v) is 4.73. The van der Waals surface area contributed by atoms with Crippen LogP contribution in [-0.2, 0) is 4.74 Å². The van der Waals surface area contributed by atoms with Gasteiger partial charge in [-0.15, -0.1) is 5.10 Å². The van der Waals surface area contributed by atoms with E-state index in [1.807, 2.05) is 0 Å². The van der Waals surface area contributed by atoms with Crippen molar-refractivity contribution in [3.8, 4) is 0 Å². The number of carbonyl (C=O) groups excluding carboxylic acids is 1. The fourth-order valence-corrected chi connectivity index (χ4v) is 1.10. The highest BCUT2D eigenvalue weighted by Crippen LogP contribution is 2.09. The number of ether oxygens (including phenoxy) is 1. The topological polar surface area (TPSA) is 80.8 Å². The van der Waals surface area contributed by atoms with Crippen molar-refractivity contribution in [2.45, 2.75) is 26.4 Å². The predicted molar refractivity (Wildman–Crippen MR) is 69.0 cm³/mol. The molecule has 0 fully saturated rings. The highest BCUT2D eigenvalue weighted by molar-refractivity contribution is 5.97. The fraction of sp³-hybridized carbons (Fsp3) is 0.417. The summed E-state index contributed by atoms with van der Waals surface area (Å²) in [6.07, 6.45) is 2.64. The molecule has 0 atom stereocenters. The molecule has 0 aliphatic heterocycles. The molecule has 18 heavy (non-hydrogen) atoms. The summed E-state index contributed by atoms with van der Waals surface area (Å²) in [7, 11) is 1.48. The monoisotopic (exact) mass is 250 g/mol. The minimum atomic E-state index is -0.566. The third-order valence-corrected chi connectivity index (χ3v) is 1.87. The van der Waals surface area contributed by atoms with Gasteiger partial charge in [0, 0.05) is 25.0 Å². The summed E-state index contributed by atoms with van der Waals surface area (Å²) in [5.41, 5.74) is 5.84. The van der Waals surface area contributed by atoms with Crippen LogP contribution in [0.15, 0.2) is 29.6 Å². The molecule has 0 spiro atoms. The molecule has 1 aromatic rings. The van der Waals surface area contributed by atoms with Crippen molar-refractivity contribution in [3.05, 3.63) is 30.1 Å². The summed E-state index contributed by atoms with van der Waals surface area (Å²) in [6.45, 7) is 5.35. The van der Waals surface area contributed by atoms with E-state index in [-0.39, 0.29) is 5.84 Å². The lowest BCUT2D eigenvalue weighted by Crippen LogP contribution is -2.33. The Kier molecular flexibility index (Phi) is 4.25. The van der Waals surface area contributed by atoms with Crippen molar-refractivity contribution in [2.24, 2.45) is 10.8 Å². The molecule has 2 N–H and O–H groups in total. The van der Waals surface area contributed by atoms with Crippen molar-refractivity contribution in [3.63, 3.8) is 0 Å². The smallest absolute Gasteiger partial charge is 0.430 e. The van der Waals surface area contributed by atoms with E-state index in [0.717, 1.165) is 5.01 Å². The van der Waals surface area contributed by atoms with Crippen LogP contribution in [0, 0.1) is 0 Å². The Hall–Kier alpha value is -2.11. The van der Waals surface area contributed by atoms with Crippen molar-refractivity contribution in [1.82, 2.24) is 9.99 Å². The molecule has 0 aliphatic rings. The number of nitrogens with two attached hydrogens (primary N) is 1. The molecule has 0 aliphatic carbocycles. The molecule has 98 valence electrons. The van der Waals surface area contributed by atoms with Crippen molar-refractivity contribution >= 4 is 11.9 Å². The van der Waals surface area contributed by atoms with Gasteiger partial charge in [-0.05, 0) is 32.9 Å². The lowest BCUT2D eigenvalue weighted by atomic mass is 10.2. The molecule has 6 heteroatoms. The highest BCUT2D eigenvalue weighted by Gasteiger charge is 2.19. The Bertz CT molecular complexity index is 437. The first kappa shape index (κ1) is 14.0. The van der Waals surface area contributed by atoms with Gasteiger partial charge in [0.1, 0.15) is 5.60 Å². The summed E-state index contributed by atoms with van der Waals surface area (Å²) in [4.78, 5) is 15.6. The van der Waals surface area contributed by atoms with Gasteiger partial charge in [-0.25, -0.2) is 4.79 Å². The molecule has 0 unspecified atom stereocenters. The van der Waals surface area contributed by atoms with Gasteiger partial charge in [-0.3, -0.25) is 4.98 Å². The Morgan fingerprint density at radius 2 is 2.17 bits per heavy atom. The molecule has 1 amide bonds. The van der Waals surface area contributed by atoms with E-state index in [2.05, 4.69) is 10.1 Å². The van der Waals surface area contributed by atoms with E-state index in [0.29, 0.717) is 5.56 Å². The second-order valence-electron chi connectivity index (χ2n) is 4.73. The number of hydrogen-bond acceptors (Lipinski definition) is 4. The highest BCUT2D eigenvalue weighted by atomic mass is 16.6. The maximum absolute atomic E-state index is 11.7. The number of amides is 1. The third-order valence-electron chi connectivity index (χ3n) is 1.87. The van der Waals surface area contributed by atoms with E-state index in [4.69, 9.17) is 10.5 Å². The lowest BCUT2D eigenvalue weighted by Gasteiger charge is -2.22. The zero-order chi connectivity index (χ0) is 13.8. The molecular weight excluding hydrogens is 232 g/mol. The summed E-state index contributed by atoms with van der Waals surface area (Å²) >= 11 is 0. The SMILES string of the molecule is CN(/N=C(/N)c1cccnc1)C(=O)OC(C)(C)C. The minimum Gasteiger partial charge on any atom is -0.442 e. The Morgan fingerprint density at radius 1 is 1.50 bits per heavy atom. The van der Waals surface area contributed by atoms with Gasteiger partial charge in [0.05, 0.1) is 0 Å². The number of rotatable bonds is 2. The van der Waals surface area contributed by atoms with Crippen molar-refractivity contribution in [2.75, 3.05) is 7.05 Å². The summed E-state index contributed by atoms with van der Waals surface area (Å²) < 4.78 is 5.14. The quantitative estimate of drug-likeness (QED) is 0.490. The average molecular weight is 250 g/mol. The summed E-state index contributed by atoms with van der Waals surface area (Å²) in [5.74, 6) is 0.205. The maximum Gasteiger partial charge on any atom is 0.430 e. The molecule has 1 rings (SSSR count). The van der Waals surface area contributed by atoms with E-state index >= 15 is 0 Å². The number of amidine groups is 1. The predicted octanol–water partition coefficient (Wildman–Crippen LogP) is 1.57. The van der Waals surface area contributed by atoms with Gasteiger partial charge in [0.2, 0.25) is 0 Å². The van der Waals surface area contributed by atoms with Gasteiger partial charge in [-0.1, -0.05) is 0 Å². The van der Waals surface area contributed by atoms with Crippen LogP contribution in [0.3, 0.4) is 0 Å². The summed E-state index contributed by atoms with van der Waals surface area (Å²) in [5, 5.41) is 5.01. The van der Waals surface area contributed by atoms with Gasteiger partial charge in [0.25, 0.3) is 0 Å². The zero-order valence-electron chi connectivity index (χ0n) is 11.0. The number of nitrogens with zero attached hydrogens (tertiary/aromatic N) is 3. The molecule has 0 saturated carbocycles. The molecule has 6 nitrogen and oxygen atoms in total. The summed E-state index contributed by atoms with van der Waals surface area (Å²) in [6, 6.07) is 3.50. The van der Waals surface area contributed by atoms with Crippen LogP contribution >= 0.6 is 0 Å². The van der Waals surface area contributed by atoms with Crippen LogP contribution in [0.4, 0.5) is 4.79 Å². The zero-order valence-corrected chi connectivity index (χ0v) is 11.0. The largest absolute Gasteiger partial charge is 0.442 e. The maximum atomic E-state index is 11.7. The molecule has 0 bridgehead atoms. The van der Waals surface area contributed by atoms with Crippen LogP contribution in [0.1, 0.15) is 26.3 Å². The van der Waals surface area contributed by atoms with Crippen LogP contribution < -0.4 is 5.73 Å². The molecule has 1 aromatic heterocycles. The Morgan fingerprint density at radius 3 is 2.67 bits per heavy atom. The van der Waals surface area contributed by atoms with Crippen molar-refractivity contribution in [1.29, 1.82) is 0 Å². The normalized spacial score (nSPS) is 12.1. The number of hydrogen-bond donors (Lipinski definition) is 1. The molecule has 1 heterocycles.